The minimum Gasteiger partial charge on any atom is -0.382 e. The third-order valence-electron chi connectivity index (χ3n) is 2.91. The fourth-order valence-corrected chi connectivity index (χ4v) is 1.71. The van der Waals surface area contributed by atoms with Crippen LogP contribution < -0.4 is 5.32 Å². The fourth-order valence-electron chi connectivity index (χ4n) is 1.71. The van der Waals surface area contributed by atoms with Gasteiger partial charge in [-0.1, -0.05) is 6.92 Å². The van der Waals surface area contributed by atoms with Crippen molar-refractivity contribution in [3.63, 3.8) is 0 Å². The molecule has 1 N–H and O–H groups in total. The van der Waals surface area contributed by atoms with E-state index in [1.807, 2.05) is 13.1 Å². The van der Waals surface area contributed by atoms with E-state index in [4.69, 9.17) is 4.74 Å². The molecule has 5 heteroatoms. The molecule has 0 saturated carbocycles. The Labute approximate surface area is 117 Å². The van der Waals surface area contributed by atoms with E-state index in [0.29, 0.717) is 6.04 Å². The first-order chi connectivity index (χ1) is 8.29. The van der Waals surface area contributed by atoms with Crippen LogP contribution in [0.5, 0.6) is 0 Å². The summed E-state index contributed by atoms with van der Waals surface area (Å²) in [5, 5.41) is 7.79. The molecule has 1 heterocycles. The Morgan fingerprint density at radius 3 is 2.89 bits per heavy atom. The van der Waals surface area contributed by atoms with Crippen LogP contribution in [0, 0.1) is 0 Å². The van der Waals surface area contributed by atoms with Crippen molar-refractivity contribution in [1.29, 1.82) is 0 Å². The SMILES string of the molecule is CCOCCCNCc1ccnn1C(C)CC.Cl. The van der Waals surface area contributed by atoms with Gasteiger partial charge in [0.25, 0.3) is 0 Å². The van der Waals surface area contributed by atoms with Gasteiger partial charge >= 0.3 is 0 Å². The topological polar surface area (TPSA) is 39.1 Å². The molecule has 1 unspecified atom stereocenters. The first kappa shape index (κ1) is 17.4. The first-order valence-corrected chi connectivity index (χ1v) is 6.60. The molecule has 1 rings (SSSR count). The summed E-state index contributed by atoms with van der Waals surface area (Å²) < 4.78 is 7.40. The first-order valence-electron chi connectivity index (χ1n) is 6.60. The molecule has 18 heavy (non-hydrogen) atoms. The monoisotopic (exact) mass is 275 g/mol. The molecule has 0 aromatic carbocycles. The Morgan fingerprint density at radius 2 is 2.22 bits per heavy atom. The second-order valence-electron chi connectivity index (χ2n) is 4.25. The van der Waals surface area contributed by atoms with E-state index in [1.165, 1.54) is 5.69 Å². The maximum Gasteiger partial charge on any atom is 0.0525 e. The quantitative estimate of drug-likeness (QED) is 0.705. The number of ether oxygens (including phenoxy) is 1. The molecule has 0 fully saturated rings. The predicted octanol–water partition coefficient (Wildman–Crippen LogP) is 2.79. The highest BCUT2D eigenvalue weighted by atomic mass is 35.5. The summed E-state index contributed by atoms with van der Waals surface area (Å²) in [7, 11) is 0. The third kappa shape index (κ3) is 5.85. The van der Waals surface area contributed by atoms with Gasteiger partial charge in [0.15, 0.2) is 0 Å². The van der Waals surface area contributed by atoms with E-state index in [0.717, 1.165) is 39.1 Å². The van der Waals surface area contributed by atoms with Crippen LogP contribution in [-0.4, -0.2) is 29.5 Å². The standard InChI is InChI=1S/C13H25N3O.ClH/c1-4-12(3)16-13(7-9-15-16)11-14-8-6-10-17-5-2;/h7,9,12,14H,4-6,8,10-11H2,1-3H3;1H. The van der Waals surface area contributed by atoms with E-state index in [2.05, 4.69) is 35.0 Å². The van der Waals surface area contributed by atoms with Gasteiger partial charge in [0, 0.05) is 32.0 Å². The number of nitrogens with zero attached hydrogens (tertiary/aromatic N) is 2. The highest BCUT2D eigenvalue weighted by Gasteiger charge is 2.07. The number of rotatable bonds is 9. The molecule has 0 amide bonds. The highest BCUT2D eigenvalue weighted by Crippen LogP contribution is 2.11. The molecule has 0 spiro atoms. The summed E-state index contributed by atoms with van der Waals surface area (Å²) >= 11 is 0. The Balaban J connectivity index is 0.00000289. The number of hydrogen-bond acceptors (Lipinski definition) is 3. The van der Waals surface area contributed by atoms with Gasteiger partial charge in [-0.25, -0.2) is 0 Å². The van der Waals surface area contributed by atoms with E-state index in [-0.39, 0.29) is 12.4 Å². The average molecular weight is 276 g/mol. The molecule has 0 aliphatic rings. The van der Waals surface area contributed by atoms with Crippen molar-refractivity contribution in [2.45, 2.75) is 46.2 Å². The van der Waals surface area contributed by atoms with E-state index < -0.39 is 0 Å². The Kier molecular flexibility index (Phi) is 10.0. The van der Waals surface area contributed by atoms with Crippen molar-refractivity contribution < 1.29 is 4.74 Å². The largest absolute Gasteiger partial charge is 0.382 e. The maximum atomic E-state index is 5.29. The second kappa shape index (κ2) is 10.4. The van der Waals surface area contributed by atoms with Crippen molar-refractivity contribution in [3.05, 3.63) is 18.0 Å². The third-order valence-corrected chi connectivity index (χ3v) is 2.91. The van der Waals surface area contributed by atoms with Gasteiger partial charge in [0.05, 0.1) is 5.69 Å². The van der Waals surface area contributed by atoms with Crippen LogP contribution >= 0.6 is 12.4 Å². The smallest absolute Gasteiger partial charge is 0.0525 e. The van der Waals surface area contributed by atoms with Crippen molar-refractivity contribution in [2.75, 3.05) is 19.8 Å². The molecule has 0 bridgehead atoms. The van der Waals surface area contributed by atoms with Gasteiger partial charge in [0.2, 0.25) is 0 Å². The molecule has 0 saturated heterocycles. The normalized spacial score (nSPS) is 12.2. The molecule has 4 nitrogen and oxygen atoms in total. The Hall–Kier alpha value is -0.580. The van der Waals surface area contributed by atoms with Gasteiger partial charge in [-0.05, 0) is 39.3 Å². The van der Waals surface area contributed by atoms with Crippen LogP contribution in [0.4, 0.5) is 0 Å². The van der Waals surface area contributed by atoms with Crippen LogP contribution in [0.3, 0.4) is 0 Å². The number of halogens is 1. The van der Waals surface area contributed by atoms with Crippen LogP contribution in [-0.2, 0) is 11.3 Å². The van der Waals surface area contributed by atoms with Crippen molar-refractivity contribution in [2.24, 2.45) is 0 Å². The van der Waals surface area contributed by atoms with Gasteiger partial charge < -0.3 is 10.1 Å². The summed E-state index contributed by atoms with van der Waals surface area (Å²) in [5.41, 5.74) is 1.26. The fraction of sp³-hybridized carbons (Fsp3) is 0.769. The molecule has 1 aromatic rings. The zero-order valence-corrected chi connectivity index (χ0v) is 12.5. The highest BCUT2D eigenvalue weighted by molar-refractivity contribution is 5.85. The Morgan fingerprint density at radius 1 is 1.44 bits per heavy atom. The van der Waals surface area contributed by atoms with Crippen LogP contribution in [0.15, 0.2) is 12.3 Å². The molecule has 1 atom stereocenters. The van der Waals surface area contributed by atoms with Crippen molar-refractivity contribution in [1.82, 2.24) is 15.1 Å². The Bertz CT molecular complexity index is 304. The second-order valence-corrected chi connectivity index (χ2v) is 4.25. The molecule has 0 aliphatic heterocycles. The van der Waals surface area contributed by atoms with Gasteiger partial charge in [-0.15, -0.1) is 12.4 Å². The lowest BCUT2D eigenvalue weighted by Crippen LogP contribution is -2.20. The van der Waals surface area contributed by atoms with Crippen molar-refractivity contribution in [3.8, 4) is 0 Å². The molecular formula is C13H26ClN3O. The average Bonchev–Trinajstić information content (AvgIpc) is 2.81. The van der Waals surface area contributed by atoms with Crippen molar-refractivity contribution >= 4 is 12.4 Å². The molecule has 0 radical (unpaired) electrons. The summed E-state index contributed by atoms with van der Waals surface area (Å²) in [6.45, 7) is 9.94. The van der Waals surface area contributed by atoms with Gasteiger partial charge in [-0.2, -0.15) is 5.10 Å². The van der Waals surface area contributed by atoms with E-state index in [9.17, 15) is 0 Å². The maximum absolute atomic E-state index is 5.29. The number of hydrogen-bond donors (Lipinski definition) is 1. The lowest BCUT2D eigenvalue weighted by molar-refractivity contribution is 0.144. The lowest BCUT2D eigenvalue weighted by atomic mass is 10.2. The zero-order chi connectivity index (χ0) is 12.5. The molecular weight excluding hydrogens is 250 g/mol. The summed E-state index contributed by atoms with van der Waals surface area (Å²) in [6, 6.07) is 2.56. The minimum atomic E-state index is 0. The summed E-state index contributed by atoms with van der Waals surface area (Å²) in [6.07, 6.45) is 4.05. The van der Waals surface area contributed by atoms with E-state index >= 15 is 0 Å². The van der Waals surface area contributed by atoms with E-state index in [1.54, 1.807) is 0 Å². The number of nitrogens with one attached hydrogen (secondary N) is 1. The molecule has 1 aromatic heterocycles. The van der Waals surface area contributed by atoms with Gasteiger partial charge in [-0.3, -0.25) is 4.68 Å². The minimum absolute atomic E-state index is 0. The summed E-state index contributed by atoms with van der Waals surface area (Å²) in [5.74, 6) is 0. The van der Waals surface area contributed by atoms with Crippen LogP contribution in [0.2, 0.25) is 0 Å². The zero-order valence-electron chi connectivity index (χ0n) is 11.7. The molecule has 106 valence electrons. The number of aromatic nitrogens is 2. The lowest BCUT2D eigenvalue weighted by Gasteiger charge is -2.14. The summed E-state index contributed by atoms with van der Waals surface area (Å²) in [4.78, 5) is 0. The van der Waals surface area contributed by atoms with Crippen LogP contribution in [0.1, 0.15) is 45.3 Å². The van der Waals surface area contributed by atoms with Crippen LogP contribution in [0.25, 0.3) is 0 Å². The predicted molar refractivity (Wildman–Crippen MR) is 77.3 cm³/mol. The molecule has 0 aliphatic carbocycles. The van der Waals surface area contributed by atoms with Gasteiger partial charge in [0.1, 0.15) is 0 Å².